The topological polar surface area (TPSA) is 98.5 Å². The maximum Gasteiger partial charge on any atom is 0.407 e. The number of alkyl carbamates (subject to hydrolysis) is 1. The summed E-state index contributed by atoms with van der Waals surface area (Å²) in [6.07, 6.45) is 3.09. The summed E-state index contributed by atoms with van der Waals surface area (Å²) in [5.41, 5.74) is 0.229. The third kappa shape index (κ3) is 9.72. The highest BCUT2D eigenvalue weighted by molar-refractivity contribution is 14.0. The smallest absolute Gasteiger partial charge is 0.407 e. The number of rotatable bonds is 5. The quantitative estimate of drug-likeness (QED) is 0.293. The molecule has 0 aliphatic heterocycles. The fourth-order valence-electron chi connectivity index (χ4n) is 3.28. The second kappa shape index (κ2) is 12.7. The van der Waals surface area contributed by atoms with E-state index in [1.54, 1.807) is 12.1 Å². The van der Waals surface area contributed by atoms with Crippen molar-refractivity contribution in [2.24, 2.45) is 4.99 Å². The highest BCUT2D eigenvalue weighted by Crippen LogP contribution is 2.19. The van der Waals surface area contributed by atoms with Gasteiger partial charge in [0.15, 0.2) is 5.96 Å². The summed E-state index contributed by atoms with van der Waals surface area (Å²) in [5.74, 6) is 0.201. The van der Waals surface area contributed by atoms with Gasteiger partial charge in [-0.05, 0) is 65.5 Å². The van der Waals surface area contributed by atoms with Crippen molar-refractivity contribution < 1.29 is 13.9 Å². The molecule has 9 heteroatoms. The number of nitrogens with zero attached hydrogens (tertiary/aromatic N) is 2. The first kappa shape index (κ1) is 26.9. The molecule has 1 saturated carbocycles. The molecular formula is C22H33FIN5O2. The van der Waals surface area contributed by atoms with Crippen LogP contribution in [0.15, 0.2) is 23.2 Å². The minimum atomic E-state index is -0.506. The van der Waals surface area contributed by atoms with Crippen LogP contribution in [0.25, 0.3) is 0 Å². The number of hydrogen-bond donors (Lipinski definition) is 3. The number of halogens is 2. The number of amides is 1. The van der Waals surface area contributed by atoms with Crippen molar-refractivity contribution >= 4 is 36.0 Å². The zero-order valence-electron chi connectivity index (χ0n) is 18.6. The van der Waals surface area contributed by atoms with Crippen molar-refractivity contribution in [1.82, 2.24) is 16.0 Å². The maximum absolute atomic E-state index is 14.1. The van der Waals surface area contributed by atoms with Crippen LogP contribution in [0.5, 0.6) is 0 Å². The van der Waals surface area contributed by atoms with Crippen LogP contribution in [0.3, 0.4) is 0 Å². The molecule has 1 aliphatic rings. The van der Waals surface area contributed by atoms with E-state index in [9.17, 15) is 9.18 Å². The van der Waals surface area contributed by atoms with Crippen molar-refractivity contribution in [2.45, 2.75) is 77.6 Å². The zero-order chi connectivity index (χ0) is 22.1. The van der Waals surface area contributed by atoms with Crippen LogP contribution in [-0.2, 0) is 11.3 Å². The summed E-state index contributed by atoms with van der Waals surface area (Å²) in [4.78, 5) is 16.4. The lowest BCUT2D eigenvalue weighted by atomic mass is 9.91. The number of guanidine groups is 1. The van der Waals surface area contributed by atoms with Crippen LogP contribution < -0.4 is 16.0 Å². The zero-order valence-corrected chi connectivity index (χ0v) is 21.0. The first-order valence-corrected chi connectivity index (χ1v) is 10.4. The number of nitrogens with one attached hydrogen (secondary N) is 3. The van der Waals surface area contributed by atoms with E-state index in [4.69, 9.17) is 10.00 Å². The molecule has 0 spiro atoms. The second-order valence-electron chi connectivity index (χ2n) is 8.45. The van der Waals surface area contributed by atoms with Crippen LogP contribution in [0.1, 0.15) is 64.5 Å². The van der Waals surface area contributed by atoms with Crippen molar-refractivity contribution in [3.63, 3.8) is 0 Å². The SMILES string of the molecule is CCNC(=NCc1ccc(C#N)cc1F)NC1CCC(NC(=O)OC(C)(C)C)CC1.I. The number of benzene rings is 1. The molecule has 0 bridgehead atoms. The molecule has 0 unspecified atom stereocenters. The minimum Gasteiger partial charge on any atom is -0.444 e. The fraction of sp³-hybridized carbons (Fsp3) is 0.591. The summed E-state index contributed by atoms with van der Waals surface area (Å²) >= 11 is 0. The van der Waals surface area contributed by atoms with Gasteiger partial charge >= 0.3 is 6.09 Å². The Bertz CT molecular complexity index is 796. The number of hydrogen-bond acceptors (Lipinski definition) is 4. The molecule has 0 aromatic heterocycles. The Balaban J connectivity index is 0.00000480. The third-order valence-electron chi connectivity index (χ3n) is 4.72. The van der Waals surface area contributed by atoms with Gasteiger partial charge in [0.25, 0.3) is 0 Å². The number of ether oxygens (including phenoxy) is 1. The van der Waals surface area contributed by atoms with Crippen LogP contribution in [0, 0.1) is 17.1 Å². The van der Waals surface area contributed by atoms with Gasteiger partial charge in [-0.2, -0.15) is 5.26 Å². The molecule has 3 N–H and O–H groups in total. The Hall–Kier alpha value is -2.09. The molecule has 7 nitrogen and oxygen atoms in total. The number of carbonyl (C=O) groups excluding carboxylic acids is 1. The summed E-state index contributed by atoms with van der Waals surface area (Å²) in [6.45, 7) is 8.39. The van der Waals surface area contributed by atoms with E-state index in [2.05, 4.69) is 20.9 Å². The Kier molecular flexibility index (Phi) is 11.0. The highest BCUT2D eigenvalue weighted by Gasteiger charge is 2.25. The van der Waals surface area contributed by atoms with Crippen LogP contribution in [0.2, 0.25) is 0 Å². The number of carbonyl (C=O) groups is 1. The van der Waals surface area contributed by atoms with Crippen LogP contribution in [-0.4, -0.2) is 36.3 Å². The van der Waals surface area contributed by atoms with Crippen LogP contribution in [0.4, 0.5) is 9.18 Å². The molecule has 0 radical (unpaired) electrons. The van der Waals surface area contributed by atoms with Gasteiger partial charge in [-0.25, -0.2) is 14.2 Å². The lowest BCUT2D eigenvalue weighted by Crippen LogP contribution is -2.48. The van der Waals surface area contributed by atoms with E-state index >= 15 is 0 Å². The summed E-state index contributed by atoms with van der Waals surface area (Å²) in [5, 5.41) is 18.4. The molecular weight excluding hydrogens is 512 g/mol. The predicted octanol–water partition coefficient (Wildman–Crippen LogP) is 4.21. The van der Waals surface area contributed by atoms with Gasteiger partial charge in [0.2, 0.25) is 0 Å². The average molecular weight is 545 g/mol. The van der Waals surface area contributed by atoms with E-state index in [1.807, 2.05) is 33.8 Å². The largest absolute Gasteiger partial charge is 0.444 e. The molecule has 1 aliphatic carbocycles. The number of aliphatic imine (C=N–C) groups is 1. The molecule has 1 amide bonds. The van der Waals surface area contributed by atoms with Gasteiger partial charge in [-0.1, -0.05) is 6.07 Å². The van der Waals surface area contributed by atoms with Gasteiger partial charge in [0.05, 0.1) is 18.2 Å². The third-order valence-corrected chi connectivity index (χ3v) is 4.72. The molecule has 1 aromatic carbocycles. The van der Waals surface area contributed by atoms with Crippen molar-refractivity contribution in [3.8, 4) is 6.07 Å². The molecule has 1 aromatic rings. The second-order valence-corrected chi connectivity index (χ2v) is 8.45. The molecule has 0 atom stereocenters. The maximum atomic E-state index is 14.1. The van der Waals surface area contributed by atoms with E-state index in [1.165, 1.54) is 6.07 Å². The van der Waals surface area contributed by atoms with Crippen molar-refractivity contribution in [3.05, 3.63) is 35.1 Å². The molecule has 0 saturated heterocycles. The Morgan fingerprint density at radius 2 is 1.84 bits per heavy atom. The first-order valence-electron chi connectivity index (χ1n) is 10.4. The number of nitriles is 1. The predicted molar refractivity (Wildman–Crippen MR) is 130 cm³/mol. The van der Waals surface area contributed by atoms with Gasteiger partial charge in [-0.15, -0.1) is 24.0 Å². The van der Waals surface area contributed by atoms with E-state index in [0.717, 1.165) is 25.7 Å². The summed E-state index contributed by atoms with van der Waals surface area (Å²) < 4.78 is 19.4. The van der Waals surface area contributed by atoms with Gasteiger partial charge in [0, 0.05) is 24.2 Å². The Morgan fingerprint density at radius 3 is 2.35 bits per heavy atom. The van der Waals surface area contributed by atoms with Crippen molar-refractivity contribution in [2.75, 3.05) is 6.54 Å². The van der Waals surface area contributed by atoms with E-state index in [0.29, 0.717) is 23.6 Å². The first-order chi connectivity index (χ1) is 14.2. The Labute approximate surface area is 201 Å². The van der Waals surface area contributed by atoms with Gasteiger partial charge in [0.1, 0.15) is 11.4 Å². The molecule has 2 rings (SSSR count). The van der Waals surface area contributed by atoms with Gasteiger partial charge < -0.3 is 20.7 Å². The molecule has 31 heavy (non-hydrogen) atoms. The Morgan fingerprint density at radius 1 is 1.23 bits per heavy atom. The van der Waals surface area contributed by atoms with Crippen LogP contribution >= 0.6 is 24.0 Å². The highest BCUT2D eigenvalue weighted by atomic mass is 127. The molecule has 1 fully saturated rings. The normalized spacial score (nSPS) is 18.9. The lowest BCUT2D eigenvalue weighted by Gasteiger charge is -2.31. The van der Waals surface area contributed by atoms with Gasteiger partial charge in [-0.3, -0.25) is 0 Å². The lowest BCUT2D eigenvalue weighted by molar-refractivity contribution is 0.0490. The van der Waals surface area contributed by atoms with Crippen molar-refractivity contribution in [1.29, 1.82) is 5.26 Å². The average Bonchev–Trinajstić information content (AvgIpc) is 2.67. The summed E-state index contributed by atoms with van der Waals surface area (Å²) in [6, 6.07) is 6.66. The minimum absolute atomic E-state index is 0. The fourth-order valence-corrected chi connectivity index (χ4v) is 3.28. The monoisotopic (exact) mass is 545 g/mol. The van der Waals surface area contributed by atoms with E-state index < -0.39 is 11.4 Å². The molecule has 0 heterocycles. The molecule has 172 valence electrons. The standard InChI is InChI=1S/C22H32FN5O2.HI/c1-5-25-20(26-14-16-7-6-15(13-24)12-19(16)23)27-17-8-10-18(11-9-17)28-21(29)30-22(2,3)4;/h6-7,12,17-18H,5,8-11,14H2,1-4H3,(H,28,29)(H2,25,26,27);1H. The summed E-state index contributed by atoms with van der Waals surface area (Å²) in [7, 11) is 0. The van der Waals surface area contributed by atoms with E-state index in [-0.39, 0.29) is 48.7 Å².